The molecular weight excluding hydrogens is 700 g/mol. The summed E-state index contributed by atoms with van der Waals surface area (Å²) in [6.45, 7) is 0.875. The maximum absolute atomic E-state index is 12.5. The van der Waals surface area contributed by atoms with Crippen molar-refractivity contribution in [2.24, 2.45) is 0 Å². The molecule has 4 rings (SSSR count). The van der Waals surface area contributed by atoms with Gasteiger partial charge in [-0.3, -0.25) is 0 Å². The number of benzene rings is 4. The fourth-order valence-electron chi connectivity index (χ4n) is 4.23. The van der Waals surface area contributed by atoms with Gasteiger partial charge in [0.15, 0.2) is 5.75 Å². The molecule has 16 nitrogen and oxygen atoms in total. The van der Waals surface area contributed by atoms with Gasteiger partial charge in [0, 0.05) is 11.1 Å². The molecule has 0 N–H and O–H groups in total. The summed E-state index contributed by atoms with van der Waals surface area (Å²) >= 11 is 0. The van der Waals surface area contributed by atoms with Crippen molar-refractivity contribution in [2.75, 3.05) is 61.0 Å². The molecule has 0 spiro atoms. The van der Waals surface area contributed by atoms with Crippen LogP contribution in [0.25, 0.3) is 0 Å². The van der Waals surface area contributed by atoms with Gasteiger partial charge in [0.25, 0.3) is 0 Å². The van der Waals surface area contributed by atoms with Gasteiger partial charge in [-0.1, -0.05) is 59.6 Å². The van der Waals surface area contributed by atoms with Crippen LogP contribution in [0.3, 0.4) is 0 Å². The summed E-state index contributed by atoms with van der Waals surface area (Å²) in [5, 5.41) is 14.3. The smallest absolute Gasteiger partial charge is 0.338 e. The lowest BCUT2D eigenvalue weighted by Crippen LogP contribution is -2.14. The van der Waals surface area contributed by atoms with Crippen molar-refractivity contribution in [2.45, 2.75) is 19.8 Å². The van der Waals surface area contributed by atoms with Crippen LogP contribution in [0.2, 0.25) is 0 Å². The third kappa shape index (κ3) is 15.2. The lowest BCUT2D eigenvalue weighted by Gasteiger charge is -2.16. The highest BCUT2D eigenvalue weighted by molar-refractivity contribution is 5.91. The van der Waals surface area contributed by atoms with Crippen LogP contribution in [0.5, 0.6) is 28.7 Å². The first-order chi connectivity index (χ1) is 26.1. The second kappa shape index (κ2) is 24.3. The molecule has 53 heavy (non-hydrogen) atoms. The van der Waals surface area contributed by atoms with Crippen molar-refractivity contribution >= 4 is 5.97 Å². The van der Waals surface area contributed by atoms with Gasteiger partial charge in [-0.15, -0.1) is 0 Å². The average Bonchev–Trinajstić information content (AvgIpc) is 3.20. The monoisotopic (exact) mass is 742 g/mol. The van der Waals surface area contributed by atoms with E-state index in [2.05, 4.69) is 0 Å². The Morgan fingerprint density at radius 3 is 1.74 bits per heavy atom. The summed E-state index contributed by atoms with van der Waals surface area (Å²) in [4.78, 5) is 43.4. The molecule has 0 atom stereocenters. The second-order valence-electron chi connectivity index (χ2n) is 10.5. The number of hydrogen-bond acceptors (Lipinski definition) is 16. The number of hydrogen-bond donors (Lipinski definition) is 0. The molecule has 0 saturated carbocycles. The fourth-order valence-corrected chi connectivity index (χ4v) is 4.23. The predicted molar refractivity (Wildman–Crippen MR) is 182 cm³/mol. The second-order valence-corrected chi connectivity index (χ2v) is 10.5. The summed E-state index contributed by atoms with van der Waals surface area (Å²) in [7, 11) is 4.42. The minimum atomic E-state index is -0.690. The molecule has 0 bridgehead atoms. The summed E-state index contributed by atoms with van der Waals surface area (Å²) < 4.78 is 32.5. The summed E-state index contributed by atoms with van der Waals surface area (Å²) in [5.74, 6) is 0.767. The summed E-state index contributed by atoms with van der Waals surface area (Å²) in [6, 6.07) is 26.7. The van der Waals surface area contributed by atoms with Gasteiger partial charge in [-0.2, -0.15) is 4.89 Å². The van der Waals surface area contributed by atoms with E-state index in [0.717, 1.165) is 28.2 Å². The number of ether oxygens (including phenoxy) is 6. The van der Waals surface area contributed by atoms with Crippen LogP contribution < -0.4 is 23.8 Å². The minimum absolute atomic E-state index is 0.00383. The largest absolute Gasteiger partial charge is 0.497 e. The molecule has 0 unspecified atom stereocenters. The first-order valence-corrected chi connectivity index (χ1v) is 16.3. The highest BCUT2D eigenvalue weighted by Gasteiger charge is 2.21. The Morgan fingerprint density at radius 1 is 0.509 bits per heavy atom. The molecule has 0 amide bonds. The molecule has 4 aromatic rings. The molecule has 0 aliphatic heterocycles. The van der Waals surface area contributed by atoms with E-state index in [1.165, 1.54) is 19.2 Å². The van der Waals surface area contributed by atoms with E-state index < -0.39 is 5.97 Å². The maximum Gasteiger partial charge on any atom is 0.338 e. The first-order valence-electron chi connectivity index (χ1n) is 16.3. The van der Waals surface area contributed by atoms with Crippen LogP contribution in [-0.2, 0) is 68.8 Å². The fraction of sp³-hybridized carbons (Fsp3) is 0.324. The number of methoxy groups -OCH3 is 3. The highest BCUT2D eigenvalue weighted by Crippen LogP contribution is 2.39. The Hall–Kier alpha value is -5.01. The Kier molecular flexibility index (Phi) is 18.7. The quantitative estimate of drug-likeness (QED) is 0.0309. The summed E-state index contributed by atoms with van der Waals surface area (Å²) in [5.41, 5.74) is 2.70. The van der Waals surface area contributed by atoms with Crippen LogP contribution in [0.15, 0.2) is 91.0 Å². The Bertz CT molecular complexity index is 1590. The Labute approximate surface area is 306 Å². The molecule has 0 saturated heterocycles. The molecule has 0 aliphatic carbocycles. The van der Waals surface area contributed by atoms with Gasteiger partial charge in [-0.05, 0) is 52.1 Å². The normalized spacial score (nSPS) is 10.8. The van der Waals surface area contributed by atoms with E-state index in [9.17, 15) is 4.79 Å². The van der Waals surface area contributed by atoms with Crippen LogP contribution >= 0.6 is 0 Å². The summed E-state index contributed by atoms with van der Waals surface area (Å²) in [6.07, 6.45) is 0. The van der Waals surface area contributed by atoms with Gasteiger partial charge in [0.1, 0.15) is 57.7 Å². The van der Waals surface area contributed by atoms with Crippen LogP contribution in [0.4, 0.5) is 0 Å². The van der Waals surface area contributed by atoms with Gasteiger partial charge < -0.3 is 33.3 Å². The van der Waals surface area contributed by atoms with Crippen molar-refractivity contribution in [3.05, 3.63) is 113 Å². The maximum atomic E-state index is 12.5. The molecule has 0 fully saturated rings. The van der Waals surface area contributed by atoms with Crippen LogP contribution in [0.1, 0.15) is 27.0 Å². The van der Waals surface area contributed by atoms with E-state index in [1.54, 1.807) is 26.4 Å². The number of esters is 1. The van der Waals surface area contributed by atoms with Crippen molar-refractivity contribution in [1.29, 1.82) is 0 Å². The van der Waals surface area contributed by atoms with E-state index in [0.29, 0.717) is 13.2 Å². The van der Waals surface area contributed by atoms with Gasteiger partial charge >= 0.3 is 5.97 Å². The minimum Gasteiger partial charge on any atom is -0.497 e. The van der Waals surface area contributed by atoms with Crippen LogP contribution in [-0.4, -0.2) is 66.9 Å². The zero-order valence-corrected chi connectivity index (χ0v) is 29.6. The molecule has 0 aliphatic rings. The lowest BCUT2D eigenvalue weighted by molar-refractivity contribution is -0.610. The molecule has 4 aromatic carbocycles. The van der Waals surface area contributed by atoms with E-state index in [-0.39, 0.29) is 69.1 Å². The molecule has 286 valence electrons. The molecule has 0 aromatic heterocycles. The Morgan fingerprint density at radius 2 is 1.08 bits per heavy atom. The number of rotatable bonds is 27. The van der Waals surface area contributed by atoms with E-state index in [1.807, 2.05) is 66.7 Å². The molecule has 16 heteroatoms. The van der Waals surface area contributed by atoms with Crippen molar-refractivity contribution in [3.8, 4) is 28.7 Å². The first kappa shape index (κ1) is 40.8. The third-order valence-electron chi connectivity index (χ3n) is 6.85. The van der Waals surface area contributed by atoms with Crippen LogP contribution in [0, 0.1) is 0 Å². The predicted octanol–water partition coefficient (Wildman–Crippen LogP) is 5.87. The molecular formula is C37H42O16. The van der Waals surface area contributed by atoms with Gasteiger partial charge in [-0.25, -0.2) is 24.3 Å². The van der Waals surface area contributed by atoms with E-state index in [4.69, 9.17) is 72.9 Å². The number of carbonyl (C=O) groups is 1. The van der Waals surface area contributed by atoms with Crippen molar-refractivity contribution in [1.82, 2.24) is 0 Å². The molecule has 0 radical (unpaired) electrons. The average molecular weight is 743 g/mol. The lowest BCUT2D eigenvalue weighted by atomic mass is 10.2. The van der Waals surface area contributed by atoms with Gasteiger partial charge in [0.05, 0.1) is 40.1 Å². The highest BCUT2D eigenvalue weighted by atomic mass is 17.7. The van der Waals surface area contributed by atoms with E-state index >= 15 is 0 Å². The number of carbonyl (C=O) groups excluding carboxylic acids is 1. The Balaban J connectivity index is 1.27. The molecule has 0 heterocycles. The zero-order chi connectivity index (χ0) is 37.4. The topological polar surface area (TPSA) is 156 Å². The zero-order valence-electron chi connectivity index (χ0n) is 29.6. The third-order valence-corrected chi connectivity index (χ3v) is 6.85. The van der Waals surface area contributed by atoms with Gasteiger partial charge in [0.2, 0.25) is 11.5 Å². The SMILES string of the molecule is COC(=O)c1cc(OCCOOOCc2ccc(OC)cc2)c(OCCOOCCOCc2ccc(OC)cc2)c(OOOOCc2ccccc2)c1. The van der Waals surface area contributed by atoms with Crippen molar-refractivity contribution < 1.29 is 77.7 Å². The van der Waals surface area contributed by atoms with Crippen molar-refractivity contribution in [3.63, 3.8) is 0 Å². The standard InChI is InChI=1S/C37H42O16/c1-39-32-13-9-29(10-14-32)25-42-17-20-45-46-21-19-44-36-34(43-18-22-47-51-48-27-30-11-15-33(40-2)16-12-30)23-31(37(38)41-3)24-35(36)50-53-52-49-26-28-7-5-4-6-8-28/h4-16,23-24H,17-22,25-27H2,1-3H3.